The van der Waals surface area contributed by atoms with E-state index in [4.69, 9.17) is 19.9 Å². The van der Waals surface area contributed by atoms with E-state index in [0.29, 0.717) is 17.5 Å². The first-order valence-electron chi connectivity index (χ1n) is 12.9. The van der Waals surface area contributed by atoms with E-state index in [1.807, 2.05) is 48.5 Å². The molecule has 3 aromatic heterocycles. The first kappa shape index (κ1) is 21.6. The third-order valence-corrected chi connectivity index (χ3v) is 7.20. The Bertz CT molecular complexity index is 2180. The van der Waals surface area contributed by atoms with Crippen molar-refractivity contribution in [2.24, 2.45) is 0 Å². The summed E-state index contributed by atoms with van der Waals surface area (Å²) >= 11 is 0. The highest BCUT2D eigenvalue weighted by atomic mass is 15.1. The molecule has 0 N–H and O–H groups in total. The van der Waals surface area contributed by atoms with Crippen molar-refractivity contribution in [2.45, 2.75) is 0 Å². The van der Waals surface area contributed by atoms with Gasteiger partial charge in [0.25, 0.3) is 0 Å². The molecule has 5 aromatic carbocycles. The summed E-state index contributed by atoms with van der Waals surface area (Å²) in [6, 6.07) is 43.5. The largest absolute Gasteiger partial charge is 0.292 e. The van der Waals surface area contributed by atoms with Gasteiger partial charge in [-0.25, -0.2) is 19.9 Å². The Balaban J connectivity index is 1.45. The maximum Gasteiger partial charge on any atom is 0.167 e. The van der Waals surface area contributed by atoms with Crippen LogP contribution in [0, 0.1) is 0 Å². The van der Waals surface area contributed by atoms with Gasteiger partial charge in [-0.2, -0.15) is 0 Å². The van der Waals surface area contributed by atoms with Gasteiger partial charge in [0.15, 0.2) is 17.5 Å². The van der Waals surface area contributed by atoms with Crippen LogP contribution < -0.4 is 0 Å². The second-order valence-corrected chi connectivity index (χ2v) is 9.61. The molecule has 5 heteroatoms. The molecule has 0 atom stereocenters. The summed E-state index contributed by atoms with van der Waals surface area (Å²) < 4.78 is 2.21. The Hall–Kier alpha value is -5.42. The number of imidazole rings is 1. The van der Waals surface area contributed by atoms with E-state index in [1.54, 1.807) is 0 Å². The molecule has 8 aromatic rings. The first-order chi connectivity index (χ1) is 19.3. The molecule has 0 fully saturated rings. The predicted octanol–water partition coefficient (Wildman–Crippen LogP) is 7.98. The number of hydrogen-bond donors (Lipinski definition) is 0. The summed E-state index contributed by atoms with van der Waals surface area (Å²) in [5.74, 6) is 1.86. The van der Waals surface area contributed by atoms with Crippen LogP contribution in [0.5, 0.6) is 0 Å². The first-order valence-corrected chi connectivity index (χ1v) is 12.9. The highest BCUT2D eigenvalue weighted by Gasteiger charge is 2.18. The lowest BCUT2D eigenvalue weighted by Crippen LogP contribution is -2.02. The molecular weight excluding hydrogens is 478 g/mol. The maximum atomic E-state index is 5.06. The van der Waals surface area contributed by atoms with Crippen LogP contribution in [-0.4, -0.2) is 24.3 Å². The number of aromatic nitrogens is 5. The lowest BCUT2D eigenvalue weighted by molar-refractivity contribution is 1.07. The third-order valence-electron chi connectivity index (χ3n) is 7.20. The van der Waals surface area contributed by atoms with Gasteiger partial charge in [0, 0.05) is 11.1 Å². The minimum Gasteiger partial charge on any atom is -0.292 e. The monoisotopic (exact) mass is 499 g/mol. The van der Waals surface area contributed by atoms with Crippen molar-refractivity contribution in [3.8, 4) is 34.2 Å². The lowest BCUT2D eigenvalue weighted by Gasteiger charge is -2.11. The van der Waals surface area contributed by atoms with Gasteiger partial charge in [0.1, 0.15) is 5.65 Å². The van der Waals surface area contributed by atoms with Crippen molar-refractivity contribution in [1.29, 1.82) is 0 Å². The van der Waals surface area contributed by atoms with Crippen LogP contribution in [0.3, 0.4) is 0 Å². The SMILES string of the molecule is c1ccc(-c2nc(-c3ccc4ccccc4c3)nc(-c3cc4ccccc4n4c3nc3ccccc34)n2)cc1. The van der Waals surface area contributed by atoms with Gasteiger partial charge in [-0.1, -0.05) is 97.1 Å². The van der Waals surface area contributed by atoms with Crippen LogP contribution >= 0.6 is 0 Å². The van der Waals surface area contributed by atoms with Crippen molar-refractivity contribution < 1.29 is 0 Å². The van der Waals surface area contributed by atoms with E-state index in [-0.39, 0.29) is 0 Å². The fourth-order valence-corrected chi connectivity index (χ4v) is 5.32. The molecule has 0 amide bonds. The molecule has 0 saturated heterocycles. The Morgan fingerprint density at radius 1 is 0.410 bits per heavy atom. The summed E-state index contributed by atoms with van der Waals surface area (Å²) in [6.45, 7) is 0. The Morgan fingerprint density at radius 3 is 1.90 bits per heavy atom. The number of hydrogen-bond acceptors (Lipinski definition) is 4. The third kappa shape index (κ3) is 3.55. The Morgan fingerprint density at radius 2 is 1.05 bits per heavy atom. The average molecular weight is 500 g/mol. The topological polar surface area (TPSA) is 56.0 Å². The normalized spacial score (nSPS) is 11.6. The van der Waals surface area contributed by atoms with E-state index in [9.17, 15) is 0 Å². The van der Waals surface area contributed by atoms with Crippen molar-refractivity contribution in [2.75, 3.05) is 0 Å². The lowest BCUT2D eigenvalue weighted by atomic mass is 10.1. The zero-order valence-electron chi connectivity index (χ0n) is 20.9. The molecule has 0 unspecified atom stereocenters. The van der Waals surface area contributed by atoms with E-state index >= 15 is 0 Å². The molecule has 0 radical (unpaired) electrons. The highest BCUT2D eigenvalue weighted by molar-refractivity contribution is 5.97. The van der Waals surface area contributed by atoms with Gasteiger partial charge < -0.3 is 0 Å². The van der Waals surface area contributed by atoms with Gasteiger partial charge >= 0.3 is 0 Å². The second-order valence-electron chi connectivity index (χ2n) is 9.61. The van der Waals surface area contributed by atoms with Crippen LogP contribution in [0.4, 0.5) is 0 Å². The van der Waals surface area contributed by atoms with Crippen LogP contribution in [0.25, 0.3) is 72.5 Å². The summed E-state index contributed by atoms with van der Waals surface area (Å²) in [4.78, 5) is 20.1. The van der Waals surface area contributed by atoms with E-state index in [1.165, 1.54) is 5.39 Å². The van der Waals surface area contributed by atoms with Crippen LogP contribution in [0.15, 0.2) is 127 Å². The van der Waals surface area contributed by atoms with Gasteiger partial charge in [-0.05, 0) is 46.5 Å². The van der Waals surface area contributed by atoms with E-state index < -0.39 is 0 Å². The molecule has 8 rings (SSSR count). The predicted molar refractivity (Wildman–Crippen MR) is 157 cm³/mol. The maximum absolute atomic E-state index is 5.06. The molecule has 39 heavy (non-hydrogen) atoms. The molecule has 182 valence electrons. The van der Waals surface area contributed by atoms with Crippen LogP contribution in [0.2, 0.25) is 0 Å². The Kier molecular flexibility index (Phi) is 4.76. The quantitative estimate of drug-likeness (QED) is 0.247. The molecule has 0 bridgehead atoms. The molecule has 0 aliphatic rings. The second kappa shape index (κ2) is 8.57. The minimum absolute atomic E-state index is 0.595. The van der Waals surface area contributed by atoms with Gasteiger partial charge in [-0.15, -0.1) is 0 Å². The number of nitrogens with zero attached hydrogens (tertiary/aromatic N) is 5. The van der Waals surface area contributed by atoms with Crippen molar-refractivity contribution >= 4 is 38.4 Å². The zero-order valence-corrected chi connectivity index (χ0v) is 20.9. The molecule has 0 saturated carbocycles. The standard InChI is InChI=1S/C34H21N5/c1-2-11-23(12-3-1)31-36-32(26-19-18-22-10-4-5-13-24(22)20-26)38-33(37-31)27-21-25-14-6-8-16-29(25)39-30-17-9-7-15-28(30)35-34(27)39/h1-21H. The molecule has 3 heterocycles. The number of fused-ring (bicyclic) bond motifs is 6. The van der Waals surface area contributed by atoms with Gasteiger partial charge in [-0.3, -0.25) is 4.40 Å². The molecule has 0 aliphatic carbocycles. The van der Waals surface area contributed by atoms with E-state index in [2.05, 4.69) is 83.3 Å². The Labute approximate surface area is 224 Å². The van der Waals surface area contributed by atoms with Crippen molar-refractivity contribution in [3.05, 3.63) is 127 Å². The average Bonchev–Trinajstić information content (AvgIpc) is 3.41. The number of rotatable bonds is 3. The summed E-state index contributed by atoms with van der Waals surface area (Å²) in [6.07, 6.45) is 0. The fourth-order valence-electron chi connectivity index (χ4n) is 5.32. The number of pyridine rings is 1. The van der Waals surface area contributed by atoms with Crippen LogP contribution in [0.1, 0.15) is 0 Å². The van der Waals surface area contributed by atoms with Crippen molar-refractivity contribution in [3.63, 3.8) is 0 Å². The smallest absolute Gasteiger partial charge is 0.167 e. The fraction of sp³-hybridized carbons (Fsp3) is 0. The minimum atomic E-state index is 0.595. The molecular formula is C34H21N5. The van der Waals surface area contributed by atoms with Gasteiger partial charge in [0.2, 0.25) is 0 Å². The highest BCUT2D eigenvalue weighted by Crippen LogP contribution is 2.33. The summed E-state index contributed by atoms with van der Waals surface area (Å²) in [7, 11) is 0. The summed E-state index contributed by atoms with van der Waals surface area (Å²) in [5, 5.41) is 3.42. The van der Waals surface area contributed by atoms with Crippen LogP contribution in [-0.2, 0) is 0 Å². The zero-order chi connectivity index (χ0) is 25.8. The molecule has 5 nitrogen and oxygen atoms in total. The van der Waals surface area contributed by atoms with E-state index in [0.717, 1.165) is 49.7 Å². The molecule has 0 spiro atoms. The number of para-hydroxylation sites is 3. The van der Waals surface area contributed by atoms with Crippen molar-refractivity contribution in [1.82, 2.24) is 24.3 Å². The van der Waals surface area contributed by atoms with Gasteiger partial charge in [0.05, 0.1) is 22.1 Å². The summed E-state index contributed by atoms with van der Waals surface area (Å²) in [5.41, 5.74) is 6.65. The number of benzene rings is 5. The molecule has 0 aliphatic heterocycles.